The molecule has 3 aromatic rings. The van der Waals surface area contributed by atoms with Crippen molar-refractivity contribution in [2.24, 2.45) is 0 Å². The van der Waals surface area contributed by atoms with E-state index in [1.165, 1.54) is 11.3 Å². The van der Waals surface area contributed by atoms with E-state index in [0.29, 0.717) is 15.6 Å². The molecule has 1 fully saturated rings. The molecule has 1 amide bonds. The molecule has 4 rings (SSSR count). The number of halogens is 1. The molecule has 1 aliphatic heterocycles. The van der Waals surface area contributed by atoms with Gasteiger partial charge in [-0.1, -0.05) is 53.3 Å². The van der Waals surface area contributed by atoms with Crippen LogP contribution in [0.2, 0.25) is 5.02 Å². The molecule has 144 valence electrons. The first kappa shape index (κ1) is 18.9. The van der Waals surface area contributed by atoms with Crippen molar-refractivity contribution < 1.29 is 4.79 Å². The largest absolute Gasteiger partial charge is 0.345 e. The quantitative estimate of drug-likeness (QED) is 0.686. The number of piperazine rings is 1. The van der Waals surface area contributed by atoms with E-state index in [-0.39, 0.29) is 5.91 Å². The van der Waals surface area contributed by atoms with Gasteiger partial charge in [-0.05, 0) is 31.3 Å². The zero-order chi connectivity index (χ0) is 19.5. The lowest BCUT2D eigenvalue weighted by atomic mass is 10.1. The first-order valence-electron chi connectivity index (χ1n) is 9.17. The molecule has 0 radical (unpaired) electrons. The molecule has 1 saturated heterocycles. The van der Waals surface area contributed by atoms with E-state index >= 15 is 0 Å². The summed E-state index contributed by atoms with van der Waals surface area (Å²) in [6.07, 6.45) is 0. The van der Waals surface area contributed by atoms with Crippen LogP contribution in [0.15, 0.2) is 54.6 Å². The van der Waals surface area contributed by atoms with Gasteiger partial charge in [0.25, 0.3) is 5.91 Å². The number of aromatic nitrogens is 1. The Balaban J connectivity index is 1.66. The summed E-state index contributed by atoms with van der Waals surface area (Å²) in [5, 5.41) is 4.50. The van der Waals surface area contributed by atoms with Gasteiger partial charge in [-0.2, -0.15) is 0 Å². The average Bonchev–Trinajstić information content (AvgIpc) is 3.16. The van der Waals surface area contributed by atoms with Crippen LogP contribution >= 0.6 is 22.9 Å². The smallest absolute Gasteiger partial charge is 0.268 e. The van der Waals surface area contributed by atoms with E-state index in [9.17, 15) is 4.79 Å². The van der Waals surface area contributed by atoms with Crippen molar-refractivity contribution in [3.63, 3.8) is 0 Å². The topological polar surface area (TPSA) is 48.5 Å². The number of hydrogen-bond acceptors (Lipinski definition) is 5. The van der Waals surface area contributed by atoms with Gasteiger partial charge in [0.15, 0.2) is 5.13 Å². The number of thiazole rings is 1. The second-order valence-electron chi connectivity index (χ2n) is 6.79. The Hall–Kier alpha value is -2.41. The van der Waals surface area contributed by atoms with Crippen molar-refractivity contribution in [1.82, 2.24) is 9.88 Å². The van der Waals surface area contributed by atoms with Gasteiger partial charge < -0.3 is 15.1 Å². The maximum atomic E-state index is 13.0. The first-order chi connectivity index (χ1) is 13.6. The summed E-state index contributed by atoms with van der Waals surface area (Å²) >= 11 is 7.39. The van der Waals surface area contributed by atoms with Crippen LogP contribution in [0.1, 0.15) is 9.67 Å². The molecule has 0 saturated carbocycles. The molecule has 1 aliphatic rings. The Morgan fingerprint density at radius 3 is 2.39 bits per heavy atom. The SMILES string of the molecule is CN1CCN(c2nc(-c3ccccc3)c(C(=O)Nc3ccc(Cl)cc3)s2)CC1. The third-order valence-corrected chi connectivity index (χ3v) is 6.11. The van der Waals surface area contributed by atoms with Crippen molar-refractivity contribution in [3.8, 4) is 11.3 Å². The Morgan fingerprint density at radius 2 is 1.71 bits per heavy atom. The molecule has 5 nitrogen and oxygen atoms in total. The van der Waals surface area contributed by atoms with Crippen molar-refractivity contribution in [2.75, 3.05) is 43.4 Å². The lowest BCUT2D eigenvalue weighted by Gasteiger charge is -2.32. The molecular formula is C21H21ClN4OS. The number of likely N-dealkylation sites (N-methyl/N-ethyl adjacent to an activating group) is 1. The van der Waals surface area contributed by atoms with E-state index in [1.807, 2.05) is 30.3 Å². The zero-order valence-electron chi connectivity index (χ0n) is 15.6. The monoisotopic (exact) mass is 412 g/mol. The summed E-state index contributed by atoms with van der Waals surface area (Å²) in [5.41, 5.74) is 2.38. The molecule has 1 aromatic heterocycles. The van der Waals surface area contributed by atoms with Gasteiger partial charge in [0.1, 0.15) is 4.88 Å². The van der Waals surface area contributed by atoms with Gasteiger partial charge in [-0.25, -0.2) is 4.98 Å². The van der Waals surface area contributed by atoms with E-state index in [0.717, 1.165) is 42.6 Å². The summed E-state index contributed by atoms with van der Waals surface area (Å²) in [6, 6.07) is 17.0. The highest BCUT2D eigenvalue weighted by Gasteiger charge is 2.24. The van der Waals surface area contributed by atoms with Crippen LogP contribution in [-0.4, -0.2) is 49.0 Å². The second kappa shape index (κ2) is 8.31. The van der Waals surface area contributed by atoms with Crippen LogP contribution < -0.4 is 10.2 Å². The third kappa shape index (κ3) is 4.19. The zero-order valence-corrected chi connectivity index (χ0v) is 17.1. The van der Waals surface area contributed by atoms with Crippen LogP contribution in [0.3, 0.4) is 0 Å². The summed E-state index contributed by atoms with van der Waals surface area (Å²) in [5.74, 6) is -0.154. The highest BCUT2D eigenvalue weighted by molar-refractivity contribution is 7.18. The summed E-state index contributed by atoms with van der Waals surface area (Å²) in [6.45, 7) is 3.81. The number of anilines is 2. The fourth-order valence-electron chi connectivity index (χ4n) is 3.11. The number of carbonyl (C=O) groups excluding carboxylic acids is 1. The molecule has 28 heavy (non-hydrogen) atoms. The summed E-state index contributed by atoms with van der Waals surface area (Å²) in [4.78, 5) is 23.1. The summed E-state index contributed by atoms with van der Waals surface area (Å²) < 4.78 is 0. The Labute approximate surface area is 173 Å². The molecular weight excluding hydrogens is 392 g/mol. The van der Waals surface area contributed by atoms with Crippen LogP contribution in [-0.2, 0) is 0 Å². The molecule has 1 N–H and O–H groups in total. The van der Waals surface area contributed by atoms with Crippen LogP contribution in [0.4, 0.5) is 10.8 Å². The Morgan fingerprint density at radius 1 is 1.04 bits per heavy atom. The van der Waals surface area contributed by atoms with Crippen molar-refractivity contribution in [1.29, 1.82) is 0 Å². The number of nitrogens with one attached hydrogen (secondary N) is 1. The maximum Gasteiger partial charge on any atom is 0.268 e. The number of carbonyl (C=O) groups is 1. The minimum Gasteiger partial charge on any atom is -0.345 e. The minimum absolute atomic E-state index is 0.154. The van der Waals surface area contributed by atoms with Gasteiger partial charge >= 0.3 is 0 Å². The predicted octanol–water partition coefficient (Wildman–Crippen LogP) is 4.47. The van der Waals surface area contributed by atoms with E-state index < -0.39 is 0 Å². The highest BCUT2D eigenvalue weighted by Crippen LogP contribution is 2.34. The molecule has 0 spiro atoms. The first-order valence-corrected chi connectivity index (χ1v) is 10.4. The van der Waals surface area contributed by atoms with E-state index in [2.05, 4.69) is 22.2 Å². The summed E-state index contributed by atoms with van der Waals surface area (Å²) in [7, 11) is 2.12. The fourth-order valence-corrected chi connectivity index (χ4v) is 4.27. The van der Waals surface area contributed by atoms with E-state index in [1.54, 1.807) is 24.3 Å². The standard InChI is InChI=1S/C21H21ClN4OS/c1-25-11-13-26(14-12-25)21-24-18(15-5-3-2-4-6-15)19(28-21)20(27)23-17-9-7-16(22)8-10-17/h2-10H,11-14H2,1H3,(H,23,27). The van der Waals surface area contributed by atoms with Crippen LogP contribution in [0.5, 0.6) is 0 Å². The van der Waals surface area contributed by atoms with Gasteiger partial charge in [-0.3, -0.25) is 4.79 Å². The highest BCUT2D eigenvalue weighted by atomic mass is 35.5. The predicted molar refractivity (Wildman–Crippen MR) is 117 cm³/mol. The molecule has 0 atom stereocenters. The van der Waals surface area contributed by atoms with Gasteiger partial charge in [-0.15, -0.1) is 0 Å². The van der Waals surface area contributed by atoms with Gasteiger partial charge in [0, 0.05) is 42.5 Å². The van der Waals surface area contributed by atoms with Crippen molar-refractivity contribution in [3.05, 3.63) is 64.5 Å². The Bertz CT molecular complexity index is 950. The van der Waals surface area contributed by atoms with Crippen molar-refractivity contribution in [2.45, 2.75) is 0 Å². The molecule has 2 heterocycles. The normalized spacial score (nSPS) is 14.9. The van der Waals surface area contributed by atoms with Crippen LogP contribution in [0.25, 0.3) is 11.3 Å². The molecule has 0 unspecified atom stereocenters. The molecule has 0 bridgehead atoms. The van der Waals surface area contributed by atoms with Gasteiger partial charge in [0.2, 0.25) is 0 Å². The van der Waals surface area contributed by atoms with E-state index in [4.69, 9.17) is 16.6 Å². The van der Waals surface area contributed by atoms with Crippen LogP contribution in [0, 0.1) is 0 Å². The number of nitrogens with zero attached hydrogens (tertiary/aromatic N) is 3. The number of hydrogen-bond donors (Lipinski definition) is 1. The fraction of sp³-hybridized carbons (Fsp3) is 0.238. The molecule has 2 aromatic carbocycles. The average molecular weight is 413 g/mol. The maximum absolute atomic E-state index is 13.0. The Kier molecular flexibility index (Phi) is 5.62. The number of rotatable bonds is 4. The van der Waals surface area contributed by atoms with Crippen molar-refractivity contribution >= 4 is 39.7 Å². The number of benzene rings is 2. The minimum atomic E-state index is -0.154. The number of amides is 1. The lowest BCUT2D eigenvalue weighted by molar-refractivity contribution is 0.103. The molecule has 7 heteroatoms. The molecule has 0 aliphatic carbocycles. The lowest BCUT2D eigenvalue weighted by Crippen LogP contribution is -2.44. The third-order valence-electron chi connectivity index (χ3n) is 4.75. The van der Waals surface area contributed by atoms with Gasteiger partial charge in [0.05, 0.1) is 5.69 Å². The second-order valence-corrected chi connectivity index (χ2v) is 8.21.